The van der Waals surface area contributed by atoms with Crippen LogP contribution in [0.25, 0.3) is 0 Å². The van der Waals surface area contributed by atoms with Crippen LogP contribution in [0, 0.1) is 12.7 Å². The van der Waals surface area contributed by atoms with Gasteiger partial charge in [0.15, 0.2) is 0 Å². The molecule has 0 unspecified atom stereocenters. The van der Waals surface area contributed by atoms with Gasteiger partial charge >= 0.3 is 0 Å². The van der Waals surface area contributed by atoms with E-state index in [0.29, 0.717) is 5.75 Å². The molecule has 0 radical (unpaired) electrons. The molecule has 0 spiro atoms. The summed E-state index contributed by atoms with van der Waals surface area (Å²) in [4.78, 5) is 0.0696. The van der Waals surface area contributed by atoms with Crippen LogP contribution in [0.4, 0.5) is 10.1 Å². The lowest BCUT2D eigenvalue weighted by atomic mass is 10.1. The van der Waals surface area contributed by atoms with Crippen molar-refractivity contribution in [3.63, 3.8) is 0 Å². The normalized spacial score (nSPS) is 11.2. The molecule has 0 bridgehead atoms. The molecule has 0 amide bonds. The quantitative estimate of drug-likeness (QED) is 0.626. The third-order valence-corrected chi connectivity index (χ3v) is 6.12. The minimum atomic E-state index is -3.98. The number of methoxy groups -OCH3 is 1. The zero-order valence-corrected chi connectivity index (χ0v) is 15.9. The first-order valence-electron chi connectivity index (χ1n) is 8.39. The van der Waals surface area contributed by atoms with Crippen LogP contribution in [0.5, 0.6) is 5.75 Å². The van der Waals surface area contributed by atoms with E-state index in [1.165, 1.54) is 37.4 Å². The SMILES string of the molecule is COc1ccc(S(=O)(=O)N(Cc2ccccc2C)c2ccccc2F)cc1. The molecule has 0 aromatic heterocycles. The molecule has 6 heteroatoms. The first-order valence-corrected chi connectivity index (χ1v) is 9.83. The van der Waals surface area contributed by atoms with E-state index >= 15 is 0 Å². The predicted octanol–water partition coefficient (Wildman–Crippen LogP) is 4.54. The number of sulfonamides is 1. The van der Waals surface area contributed by atoms with Crippen molar-refractivity contribution in [2.75, 3.05) is 11.4 Å². The topological polar surface area (TPSA) is 46.6 Å². The summed E-state index contributed by atoms with van der Waals surface area (Å²) in [6.45, 7) is 1.93. The van der Waals surface area contributed by atoms with Crippen molar-refractivity contribution in [1.82, 2.24) is 0 Å². The third kappa shape index (κ3) is 3.95. The second-order valence-corrected chi connectivity index (χ2v) is 7.93. The Morgan fingerprint density at radius 2 is 1.56 bits per heavy atom. The highest BCUT2D eigenvalue weighted by Gasteiger charge is 2.27. The second kappa shape index (κ2) is 7.80. The van der Waals surface area contributed by atoms with E-state index in [0.717, 1.165) is 15.4 Å². The molecule has 140 valence electrons. The number of hydrogen-bond donors (Lipinski definition) is 0. The zero-order chi connectivity index (χ0) is 19.4. The highest BCUT2D eigenvalue weighted by molar-refractivity contribution is 7.92. The van der Waals surface area contributed by atoms with Gasteiger partial charge in [-0.15, -0.1) is 0 Å². The van der Waals surface area contributed by atoms with Crippen LogP contribution in [0.1, 0.15) is 11.1 Å². The molecule has 4 nitrogen and oxygen atoms in total. The van der Waals surface area contributed by atoms with Gasteiger partial charge in [0.2, 0.25) is 0 Å². The van der Waals surface area contributed by atoms with Crippen molar-refractivity contribution in [2.45, 2.75) is 18.4 Å². The summed E-state index contributed by atoms with van der Waals surface area (Å²) in [6.07, 6.45) is 0. The summed E-state index contributed by atoms with van der Waals surface area (Å²) in [7, 11) is -2.47. The van der Waals surface area contributed by atoms with E-state index in [1.807, 2.05) is 31.2 Å². The summed E-state index contributed by atoms with van der Waals surface area (Å²) < 4.78 is 47.3. The number of ether oxygens (including phenoxy) is 1. The standard InChI is InChI=1S/C21H20FNO3S/c1-16-7-3-4-8-17(16)15-23(21-10-6-5-9-20(21)22)27(24,25)19-13-11-18(26-2)12-14-19/h3-14H,15H2,1-2H3. The number of halogens is 1. The van der Waals surface area contributed by atoms with Crippen molar-refractivity contribution in [3.8, 4) is 5.75 Å². The molecule has 0 aliphatic heterocycles. The van der Waals surface area contributed by atoms with E-state index < -0.39 is 15.8 Å². The van der Waals surface area contributed by atoms with Crippen molar-refractivity contribution < 1.29 is 17.5 Å². The maximum Gasteiger partial charge on any atom is 0.264 e. The molecule has 0 N–H and O–H groups in total. The Bertz CT molecular complexity index is 1030. The van der Waals surface area contributed by atoms with Crippen molar-refractivity contribution in [2.24, 2.45) is 0 Å². The number of nitrogens with zero attached hydrogens (tertiary/aromatic N) is 1. The van der Waals surface area contributed by atoms with E-state index in [1.54, 1.807) is 18.2 Å². The van der Waals surface area contributed by atoms with E-state index in [9.17, 15) is 12.8 Å². The lowest BCUT2D eigenvalue weighted by Crippen LogP contribution is -2.31. The summed E-state index contributed by atoms with van der Waals surface area (Å²) in [6, 6.07) is 19.4. The Hall–Kier alpha value is -2.86. The fourth-order valence-corrected chi connectivity index (χ4v) is 4.22. The molecule has 0 fully saturated rings. The molecule has 27 heavy (non-hydrogen) atoms. The largest absolute Gasteiger partial charge is 0.497 e. The van der Waals surface area contributed by atoms with Gasteiger partial charge in [0.25, 0.3) is 10.0 Å². The van der Waals surface area contributed by atoms with Crippen LogP contribution < -0.4 is 9.04 Å². The smallest absolute Gasteiger partial charge is 0.264 e. The highest BCUT2D eigenvalue weighted by atomic mass is 32.2. The van der Waals surface area contributed by atoms with Gasteiger partial charge in [-0.05, 0) is 54.4 Å². The molecule has 3 aromatic carbocycles. The number of rotatable bonds is 6. The molecule has 3 rings (SSSR count). The Balaban J connectivity index is 2.11. The van der Waals surface area contributed by atoms with Crippen molar-refractivity contribution >= 4 is 15.7 Å². The van der Waals surface area contributed by atoms with Crippen LogP contribution in [0.15, 0.2) is 77.7 Å². The van der Waals surface area contributed by atoms with Crippen LogP contribution >= 0.6 is 0 Å². The monoisotopic (exact) mass is 385 g/mol. The van der Waals surface area contributed by atoms with Crippen molar-refractivity contribution in [3.05, 3.63) is 89.7 Å². The molecule has 0 heterocycles. The van der Waals surface area contributed by atoms with Gasteiger partial charge < -0.3 is 4.74 Å². The first-order chi connectivity index (χ1) is 12.9. The average Bonchev–Trinajstić information content (AvgIpc) is 2.68. The Morgan fingerprint density at radius 3 is 2.19 bits per heavy atom. The number of benzene rings is 3. The van der Waals surface area contributed by atoms with Gasteiger partial charge in [-0.2, -0.15) is 0 Å². The summed E-state index contributed by atoms with van der Waals surface area (Å²) >= 11 is 0. The van der Waals surface area contributed by atoms with Gasteiger partial charge in [0.1, 0.15) is 11.6 Å². The third-order valence-electron chi connectivity index (χ3n) is 4.34. The molecular weight excluding hydrogens is 365 g/mol. The fourth-order valence-electron chi connectivity index (χ4n) is 2.77. The number of hydrogen-bond acceptors (Lipinski definition) is 3. The predicted molar refractivity (Wildman–Crippen MR) is 104 cm³/mol. The number of para-hydroxylation sites is 1. The van der Waals surface area contributed by atoms with E-state index in [-0.39, 0.29) is 17.1 Å². The first kappa shape index (κ1) is 18.9. The van der Waals surface area contributed by atoms with Crippen LogP contribution in [-0.2, 0) is 16.6 Å². The van der Waals surface area contributed by atoms with Gasteiger partial charge in [0.05, 0.1) is 24.2 Å². The molecule has 0 aliphatic carbocycles. The van der Waals surface area contributed by atoms with Gasteiger partial charge in [-0.25, -0.2) is 12.8 Å². The summed E-state index contributed by atoms with van der Waals surface area (Å²) in [5.74, 6) is -0.0477. The number of aryl methyl sites for hydroxylation is 1. The van der Waals surface area contributed by atoms with Gasteiger partial charge in [-0.3, -0.25) is 4.31 Å². The lowest BCUT2D eigenvalue weighted by Gasteiger charge is -2.26. The zero-order valence-electron chi connectivity index (χ0n) is 15.1. The Kier molecular flexibility index (Phi) is 5.46. The number of anilines is 1. The Labute approximate surface area is 158 Å². The van der Waals surface area contributed by atoms with Crippen LogP contribution in [-0.4, -0.2) is 15.5 Å². The maximum atomic E-state index is 14.5. The maximum absolute atomic E-state index is 14.5. The van der Waals surface area contributed by atoms with Crippen LogP contribution in [0.3, 0.4) is 0 Å². The van der Waals surface area contributed by atoms with E-state index in [4.69, 9.17) is 4.74 Å². The second-order valence-electron chi connectivity index (χ2n) is 6.07. The summed E-state index contributed by atoms with van der Waals surface area (Å²) in [5.41, 5.74) is 1.75. The molecular formula is C21H20FNO3S. The minimum Gasteiger partial charge on any atom is -0.497 e. The fraction of sp³-hybridized carbons (Fsp3) is 0.143. The minimum absolute atomic E-state index is 0.0107. The van der Waals surface area contributed by atoms with E-state index in [2.05, 4.69) is 0 Å². The van der Waals surface area contributed by atoms with Gasteiger partial charge in [-0.1, -0.05) is 36.4 Å². The Morgan fingerprint density at radius 1 is 0.926 bits per heavy atom. The molecule has 0 saturated heterocycles. The molecule has 0 aliphatic rings. The molecule has 0 saturated carbocycles. The van der Waals surface area contributed by atoms with Gasteiger partial charge in [0, 0.05) is 0 Å². The summed E-state index contributed by atoms with van der Waals surface area (Å²) in [5, 5.41) is 0. The molecule has 3 aromatic rings. The van der Waals surface area contributed by atoms with Crippen molar-refractivity contribution in [1.29, 1.82) is 0 Å². The average molecular weight is 385 g/mol. The lowest BCUT2D eigenvalue weighted by molar-refractivity contribution is 0.414. The molecule has 0 atom stereocenters. The highest BCUT2D eigenvalue weighted by Crippen LogP contribution is 2.29. The van der Waals surface area contributed by atoms with Crippen LogP contribution in [0.2, 0.25) is 0 Å².